The molecular weight excluding hydrogens is 196 g/mol. The second kappa shape index (κ2) is 6.02. The molecule has 16 heavy (non-hydrogen) atoms. The van der Waals surface area contributed by atoms with E-state index in [1.807, 2.05) is 0 Å². The van der Waals surface area contributed by atoms with Gasteiger partial charge in [-0.15, -0.1) is 0 Å². The van der Waals surface area contributed by atoms with Crippen LogP contribution in [0.3, 0.4) is 0 Å². The number of nitrogens with one attached hydrogen (secondary N) is 1. The first-order chi connectivity index (χ1) is 7.79. The minimum atomic E-state index is 0.825. The molecule has 0 aromatic rings. The summed E-state index contributed by atoms with van der Waals surface area (Å²) in [5.74, 6) is 1.89. The van der Waals surface area contributed by atoms with Crippen LogP contribution in [0.5, 0.6) is 0 Å². The molecule has 0 bridgehead atoms. The van der Waals surface area contributed by atoms with Gasteiger partial charge in [0, 0.05) is 12.6 Å². The van der Waals surface area contributed by atoms with Gasteiger partial charge in [0.25, 0.3) is 0 Å². The highest BCUT2D eigenvalue weighted by atomic mass is 15.2. The molecule has 1 N–H and O–H groups in total. The first-order valence-electron chi connectivity index (χ1n) is 7.24. The fourth-order valence-corrected chi connectivity index (χ4v) is 3.42. The summed E-state index contributed by atoms with van der Waals surface area (Å²) in [5, 5.41) is 3.58. The molecule has 2 heterocycles. The molecule has 2 rings (SSSR count). The molecule has 2 nitrogen and oxygen atoms in total. The summed E-state index contributed by atoms with van der Waals surface area (Å²) in [7, 11) is 0. The number of piperidine rings is 2. The Labute approximate surface area is 101 Å². The minimum Gasteiger partial charge on any atom is -0.315 e. The predicted octanol–water partition coefficient (Wildman–Crippen LogP) is 2.50. The molecule has 0 saturated carbocycles. The minimum absolute atomic E-state index is 0.825. The average Bonchev–Trinajstić information content (AvgIpc) is 2.30. The van der Waals surface area contributed by atoms with Crippen LogP contribution in [-0.2, 0) is 0 Å². The average molecular weight is 224 g/mol. The van der Waals surface area contributed by atoms with Crippen molar-refractivity contribution in [3.63, 3.8) is 0 Å². The van der Waals surface area contributed by atoms with Gasteiger partial charge in [-0.05, 0) is 50.7 Å². The number of hydrogen-bond acceptors (Lipinski definition) is 2. The normalized spacial score (nSPS) is 34.1. The third-order valence-corrected chi connectivity index (χ3v) is 4.41. The second-order valence-electron chi connectivity index (χ2n) is 5.92. The van der Waals surface area contributed by atoms with E-state index in [1.165, 1.54) is 58.3 Å². The highest BCUT2D eigenvalue weighted by Gasteiger charge is 2.27. The van der Waals surface area contributed by atoms with Gasteiger partial charge in [0.2, 0.25) is 0 Å². The molecule has 0 spiro atoms. The predicted molar refractivity (Wildman–Crippen MR) is 69.6 cm³/mol. The van der Waals surface area contributed by atoms with Crippen molar-refractivity contribution in [2.75, 3.05) is 26.2 Å². The monoisotopic (exact) mass is 224 g/mol. The van der Waals surface area contributed by atoms with Gasteiger partial charge in [0.15, 0.2) is 0 Å². The van der Waals surface area contributed by atoms with Crippen LogP contribution in [0, 0.1) is 11.8 Å². The van der Waals surface area contributed by atoms with E-state index in [0.717, 1.165) is 17.9 Å². The summed E-state index contributed by atoms with van der Waals surface area (Å²) in [5.41, 5.74) is 0. The Morgan fingerprint density at radius 1 is 1.19 bits per heavy atom. The third kappa shape index (κ3) is 3.21. The summed E-state index contributed by atoms with van der Waals surface area (Å²) >= 11 is 0. The van der Waals surface area contributed by atoms with Gasteiger partial charge in [0.1, 0.15) is 0 Å². The highest BCUT2D eigenvalue weighted by Crippen LogP contribution is 2.25. The van der Waals surface area contributed by atoms with Crippen LogP contribution in [0.25, 0.3) is 0 Å². The number of likely N-dealkylation sites (tertiary alicyclic amines) is 1. The van der Waals surface area contributed by atoms with Crippen LogP contribution >= 0.6 is 0 Å². The van der Waals surface area contributed by atoms with Crippen LogP contribution in [-0.4, -0.2) is 37.1 Å². The lowest BCUT2D eigenvalue weighted by atomic mass is 9.89. The van der Waals surface area contributed by atoms with Crippen molar-refractivity contribution in [2.24, 2.45) is 11.8 Å². The molecule has 0 amide bonds. The van der Waals surface area contributed by atoms with Gasteiger partial charge in [-0.3, -0.25) is 4.90 Å². The smallest absolute Gasteiger partial charge is 0.0223 e. The first-order valence-corrected chi connectivity index (χ1v) is 7.24. The van der Waals surface area contributed by atoms with E-state index in [0.29, 0.717) is 0 Å². The molecule has 0 aromatic heterocycles. The Balaban J connectivity index is 1.75. The maximum atomic E-state index is 3.58. The van der Waals surface area contributed by atoms with Crippen molar-refractivity contribution in [1.82, 2.24) is 10.2 Å². The third-order valence-electron chi connectivity index (χ3n) is 4.41. The fraction of sp³-hybridized carbons (Fsp3) is 1.00. The second-order valence-corrected chi connectivity index (χ2v) is 5.92. The van der Waals surface area contributed by atoms with E-state index in [4.69, 9.17) is 0 Å². The Kier molecular flexibility index (Phi) is 4.66. The van der Waals surface area contributed by atoms with Crippen molar-refractivity contribution in [2.45, 2.75) is 52.0 Å². The van der Waals surface area contributed by atoms with Gasteiger partial charge in [0.05, 0.1) is 0 Å². The molecule has 0 aliphatic carbocycles. The Morgan fingerprint density at radius 2 is 1.94 bits per heavy atom. The van der Waals surface area contributed by atoms with E-state index in [2.05, 4.69) is 24.1 Å². The Bertz CT molecular complexity index is 197. The molecule has 2 fully saturated rings. The van der Waals surface area contributed by atoms with Crippen molar-refractivity contribution < 1.29 is 0 Å². The van der Waals surface area contributed by atoms with E-state index in [-0.39, 0.29) is 0 Å². The zero-order valence-electron chi connectivity index (χ0n) is 11.0. The van der Waals surface area contributed by atoms with Gasteiger partial charge in [-0.25, -0.2) is 0 Å². The van der Waals surface area contributed by atoms with Crippen LogP contribution in [0.4, 0.5) is 0 Å². The summed E-state index contributed by atoms with van der Waals surface area (Å²) in [6.45, 7) is 9.85. The van der Waals surface area contributed by atoms with Gasteiger partial charge in [-0.1, -0.05) is 26.7 Å². The van der Waals surface area contributed by atoms with E-state index in [9.17, 15) is 0 Å². The van der Waals surface area contributed by atoms with E-state index >= 15 is 0 Å². The number of rotatable bonds is 3. The highest BCUT2D eigenvalue weighted by molar-refractivity contribution is 4.84. The van der Waals surface area contributed by atoms with Crippen molar-refractivity contribution >= 4 is 0 Å². The van der Waals surface area contributed by atoms with Gasteiger partial charge in [-0.2, -0.15) is 0 Å². The Hall–Kier alpha value is -0.0800. The van der Waals surface area contributed by atoms with Crippen molar-refractivity contribution in [3.05, 3.63) is 0 Å². The summed E-state index contributed by atoms with van der Waals surface area (Å²) < 4.78 is 0. The van der Waals surface area contributed by atoms with Gasteiger partial charge >= 0.3 is 0 Å². The maximum absolute atomic E-state index is 3.58. The van der Waals surface area contributed by atoms with Crippen molar-refractivity contribution in [1.29, 1.82) is 0 Å². The first kappa shape index (κ1) is 12.4. The van der Waals surface area contributed by atoms with Crippen LogP contribution < -0.4 is 5.32 Å². The molecule has 2 saturated heterocycles. The van der Waals surface area contributed by atoms with Gasteiger partial charge < -0.3 is 5.32 Å². The topological polar surface area (TPSA) is 15.3 Å². The lowest BCUT2D eigenvalue weighted by molar-refractivity contribution is 0.0986. The molecule has 2 aliphatic rings. The van der Waals surface area contributed by atoms with E-state index in [1.54, 1.807) is 0 Å². The summed E-state index contributed by atoms with van der Waals surface area (Å²) in [4.78, 5) is 2.74. The lowest BCUT2D eigenvalue weighted by Gasteiger charge is -2.41. The van der Waals surface area contributed by atoms with Crippen LogP contribution in [0.2, 0.25) is 0 Å². The molecule has 0 radical (unpaired) electrons. The lowest BCUT2D eigenvalue weighted by Crippen LogP contribution is -2.51. The molecular formula is C14H28N2. The molecule has 2 aliphatic heterocycles. The zero-order valence-corrected chi connectivity index (χ0v) is 11.0. The fourth-order valence-electron chi connectivity index (χ4n) is 3.42. The summed E-state index contributed by atoms with van der Waals surface area (Å²) in [6, 6.07) is 0.825. The zero-order chi connectivity index (χ0) is 11.4. The van der Waals surface area contributed by atoms with Crippen LogP contribution in [0.15, 0.2) is 0 Å². The standard InChI is InChI=1S/C14H28N2/c1-3-4-13-5-7-16(8-6-13)14-9-12(2)10-15-11-14/h12-15H,3-11H2,1-2H3. The molecule has 2 heteroatoms. The number of hydrogen-bond donors (Lipinski definition) is 1. The maximum Gasteiger partial charge on any atom is 0.0223 e. The summed E-state index contributed by atoms with van der Waals surface area (Å²) in [6.07, 6.45) is 7.11. The molecule has 94 valence electrons. The SMILES string of the molecule is CCCC1CCN(C2CNCC(C)C2)CC1. The number of nitrogens with zero attached hydrogens (tertiary/aromatic N) is 1. The van der Waals surface area contributed by atoms with Crippen molar-refractivity contribution in [3.8, 4) is 0 Å². The molecule has 0 aromatic carbocycles. The van der Waals surface area contributed by atoms with E-state index < -0.39 is 0 Å². The quantitative estimate of drug-likeness (QED) is 0.792. The largest absolute Gasteiger partial charge is 0.315 e. The Morgan fingerprint density at radius 3 is 2.56 bits per heavy atom. The van der Waals surface area contributed by atoms with Crippen LogP contribution in [0.1, 0.15) is 46.0 Å². The molecule has 2 atom stereocenters. The molecule has 2 unspecified atom stereocenters.